The zero-order valence-corrected chi connectivity index (χ0v) is 11.2. The van der Waals surface area contributed by atoms with Crippen molar-refractivity contribution in [1.29, 1.82) is 0 Å². The standard InChI is InChI=1S/C13H8ClN3O4/c14-8-3-1-7(2-4-8)11-12(21-16-13(11)15)9-5-6-10(20-9)17(18)19/h1-6H,(H2,15,16). The van der Waals surface area contributed by atoms with Crippen molar-refractivity contribution in [3.8, 4) is 22.6 Å². The normalized spacial score (nSPS) is 10.7. The summed E-state index contributed by atoms with van der Waals surface area (Å²) >= 11 is 5.84. The third kappa shape index (κ3) is 2.34. The monoisotopic (exact) mass is 305 g/mol. The predicted molar refractivity (Wildman–Crippen MR) is 75.7 cm³/mol. The van der Waals surface area contributed by atoms with Gasteiger partial charge in [-0.1, -0.05) is 28.9 Å². The van der Waals surface area contributed by atoms with Crippen LogP contribution in [0, 0.1) is 10.1 Å². The van der Waals surface area contributed by atoms with E-state index < -0.39 is 4.92 Å². The van der Waals surface area contributed by atoms with Crippen LogP contribution in [0.5, 0.6) is 0 Å². The van der Waals surface area contributed by atoms with Gasteiger partial charge in [0.2, 0.25) is 5.76 Å². The van der Waals surface area contributed by atoms with Crippen molar-refractivity contribution in [2.45, 2.75) is 0 Å². The minimum atomic E-state index is -0.634. The van der Waals surface area contributed by atoms with Crippen molar-refractivity contribution >= 4 is 23.3 Å². The predicted octanol–water partition coefficient (Wildman–Crippen LogP) is 3.75. The highest BCUT2D eigenvalue weighted by molar-refractivity contribution is 6.30. The first-order valence-electron chi connectivity index (χ1n) is 5.82. The van der Waals surface area contributed by atoms with Gasteiger partial charge in [-0.05, 0) is 23.8 Å². The fraction of sp³-hybridized carbons (Fsp3) is 0. The van der Waals surface area contributed by atoms with Gasteiger partial charge in [-0.25, -0.2) is 0 Å². The lowest BCUT2D eigenvalue weighted by molar-refractivity contribution is -0.401. The molecule has 0 atom stereocenters. The number of hydrogen-bond acceptors (Lipinski definition) is 6. The molecule has 0 unspecified atom stereocenters. The van der Waals surface area contributed by atoms with Crippen molar-refractivity contribution in [2.24, 2.45) is 0 Å². The van der Waals surface area contributed by atoms with Crippen LogP contribution in [0.2, 0.25) is 5.02 Å². The third-order valence-electron chi connectivity index (χ3n) is 2.85. The molecule has 0 aliphatic rings. The van der Waals surface area contributed by atoms with E-state index in [0.717, 1.165) is 0 Å². The van der Waals surface area contributed by atoms with Gasteiger partial charge < -0.3 is 14.7 Å². The summed E-state index contributed by atoms with van der Waals surface area (Å²) in [6, 6.07) is 9.53. The first kappa shape index (κ1) is 13.2. The molecule has 0 aliphatic heterocycles. The highest BCUT2D eigenvalue weighted by atomic mass is 35.5. The Morgan fingerprint density at radius 3 is 2.52 bits per heavy atom. The number of benzene rings is 1. The fourth-order valence-corrected chi connectivity index (χ4v) is 2.04. The van der Waals surface area contributed by atoms with Gasteiger partial charge in [0.25, 0.3) is 0 Å². The van der Waals surface area contributed by atoms with E-state index >= 15 is 0 Å². The molecule has 106 valence electrons. The average molecular weight is 306 g/mol. The lowest BCUT2D eigenvalue weighted by Crippen LogP contribution is -1.88. The summed E-state index contributed by atoms with van der Waals surface area (Å²) in [7, 11) is 0. The van der Waals surface area contributed by atoms with Crippen molar-refractivity contribution < 1.29 is 13.9 Å². The van der Waals surface area contributed by atoms with Crippen molar-refractivity contribution in [3.05, 3.63) is 51.5 Å². The molecule has 0 saturated carbocycles. The van der Waals surface area contributed by atoms with Crippen molar-refractivity contribution in [1.82, 2.24) is 5.16 Å². The van der Waals surface area contributed by atoms with Crippen LogP contribution in [0.4, 0.5) is 11.7 Å². The molecule has 0 bridgehead atoms. The Morgan fingerprint density at radius 1 is 1.19 bits per heavy atom. The maximum absolute atomic E-state index is 10.7. The number of anilines is 1. The van der Waals surface area contributed by atoms with Gasteiger partial charge in [-0.3, -0.25) is 10.1 Å². The molecule has 8 heteroatoms. The summed E-state index contributed by atoms with van der Waals surface area (Å²) in [4.78, 5) is 10.0. The van der Waals surface area contributed by atoms with Gasteiger partial charge in [-0.2, -0.15) is 0 Å². The van der Waals surface area contributed by atoms with Gasteiger partial charge in [-0.15, -0.1) is 0 Å². The second-order valence-corrected chi connectivity index (χ2v) is 4.61. The van der Waals surface area contributed by atoms with Gasteiger partial charge in [0.15, 0.2) is 11.6 Å². The molecule has 0 saturated heterocycles. The van der Waals surface area contributed by atoms with Crippen LogP contribution in [-0.4, -0.2) is 10.1 Å². The number of nitro groups is 1. The molecule has 21 heavy (non-hydrogen) atoms. The molecule has 0 aliphatic carbocycles. The zero-order valence-electron chi connectivity index (χ0n) is 10.4. The number of furan rings is 1. The minimum Gasteiger partial charge on any atom is -0.397 e. The lowest BCUT2D eigenvalue weighted by atomic mass is 10.0. The van der Waals surface area contributed by atoms with E-state index in [0.29, 0.717) is 16.1 Å². The molecule has 0 fully saturated rings. The number of rotatable bonds is 3. The number of hydrogen-bond donors (Lipinski definition) is 1. The van der Waals surface area contributed by atoms with Crippen LogP contribution in [-0.2, 0) is 0 Å². The number of nitrogen functional groups attached to an aromatic ring is 1. The molecule has 2 aromatic heterocycles. The van der Waals surface area contributed by atoms with E-state index in [2.05, 4.69) is 5.16 Å². The maximum Gasteiger partial charge on any atom is 0.433 e. The maximum atomic E-state index is 10.7. The second-order valence-electron chi connectivity index (χ2n) is 4.17. The fourth-order valence-electron chi connectivity index (χ4n) is 1.91. The van der Waals surface area contributed by atoms with Crippen LogP contribution in [0.15, 0.2) is 45.3 Å². The first-order chi connectivity index (χ1) is 10.1. The molecule has 0 radical (unpaired) electrons. The Balaban J connectivity index is 2.11. The SMILES string of the molecule is Nc1noc(-c2ccc([N+](=O)[O-])o2)c1-c1ccc(Cl)cc1. The van der Waals surface area contributed by atoms with Crippen LogP contribution >= 0.6 is 11.6 Å². The smallest absolute Gasteiger partial charge is 0.397 e. The third-order valence-corrected chi connectivity index (χ3v) is 3.10. The molecule has 0 spiro atoms. The van der Waals surface area contributed by atoms with Crippen molar-refractivity contribution in [3.63, 3.8) is 0 Å². The van der Waals surface area contributed by atoms with Crippen LogP contribution < -0.4 is 5.73 Å². The summed E-state index contributed by atoms with van der Waals surface area (Å²) in [6.07, 6.45) is 0. The van der Waals surface area contributed by atoms with E-state index in [-0.39, 0.29) is 23.2 Å². The summed E-state index contributed by atoms with van der Waals surface area (Å²) in [5, 5.41) is 14.9. The van der Waals surface area contributed by atoms with Gasteiger partial charge >= 0.3 is 5.88 Å². The summed E-state index contributed by atoms with van der Waals surface area (Å²) in [5.41, 5.74) is 7.01. The Kier molecular flexibility index (Phi) is 3.11. The van der Waals surface area contributed by atoms with Crippen molar-refractivity contribution in [2.75, 3.05) is 5.73 Å². The minimum absolute atomic E-state index is 0.159. The van der Waals surface area contributed by atoms with Gasteiger partial charge in [0.1, 0.15) is 4.92 Å². The first-order valence-corrected chi connectivity index (χ1v) is 6.19. The van der Waals surface area contributed by atoms with Gasteiger partial charge in [0, 0.05) is 5.02 Å². The Labute approximate surface area is 123 Å². The van der Waals surface area contributed by atoms with E-state index in [1.54, 1.807) is 24.3 Å². The number of aromatic nitrogens is 1. The second kappa shape index (κ2) is 4.95. The summed E-state index contributed by atoms with van der Waals surface area (Å²) < 4.78 is 10.3. The zero-order chi connectivity index (χ0) is 15.0. The summed E-state index contributed by atoms with van der Waals surface area (Å²) in [6.45, 7) is 0. The topological polar surface area (TPSA) is 108 Å². The Morgan fingerprint density at radius 2 is 1.90 bits per heavy atom. The number of halogens is 1. The average Bonchev–Trinajstić information content (AvgIpc) is 3.06. The Bertz CT molecular complexity index is 807. The molecule has 2 heterocycles. The van der Waals surface area contributed by atoms with Crippen LogP contribution in [0.3, 0.4) is 0 Å². The molecular formula is C13H8ClN3O4. The van der Waals surface area contributed by atoms with E-state index in [1.807, 2.05) is 0 Å². The van der Waals surface area contributed by atoms with Crippen LogP contribution in [0.1, 0.15) is 0 Å². The summed E-state index contributed by atoms with van der Waals surface area (Å²) in [5.74, 6) is 0.173. The molecule has 7 nitrogen and oxygen atoms in total. The largest absolute Gasteiger partial charge is 0.433 e. The van der Waals surface area contributed by atoms with Gasteiger partial charge in [0.05, 0.1) is 11.6 Å². The Hall–Kier alpha value is -2.80. The van der Waals surface area contributed by atoms with E-state index in [1.165, 1.54) is 12.1 Å². The highest BCUT2D eigenvalue weighted by Gasteiger charge is 2.22. The molecule has 2 N–H and O–H groups in total. The molecule has 3 rings (SSSR count). The number of nitrogens with zero attached hydrogens (tertiary/aromatic N) is 2. The quantitative estimate of drug-likeness (QED) is 0.583. The highest BCUT2D eigenvalue weighted by Crippen LogP contribution is 2.38. The van der Waals surface area contributed by atoms with Crippen LogP contribution in [0.25, 0.3) is 22.6 Å². The molecular weight excluding hydrogens is 298 g/mol. The lowest BCUT2D eigenvalue weighted by Gasteiger charge is -2.00. The molecule has 0 amide bonds. The van der Waals surface area contributed by atoms with E-state index in [9.17, 15) is 10.1 Å². The molecule has 3 aromatic rings. The number of nitrogens with two attached hydrogens (primary N) is 1. The van der Waals surface area contributed by atoms with E-state index in [4.69, 9.17) is 26.3 Å². The molecule has 1 aromatic carbocycles.